The number of nitrogens with zero attached hydrogens (tertiary/aromatic N) is 3. The molecule has 33 heavy (non-hydrogen) atoms. The van der Waals surface area contributed by atoms with E-state index in [1.54, 1.807) is 0 Å². The van der Waals surface area contributed by atoms with Gasteiger partial charge in [-0.25, -0.2) is 0 Å². The number of carbonyl (C=O) groups is 1. The van der Waals surface area contributed by atoms with E-state index in [9.17, 15) is 4.79 Å². The van der Waals surface area contributed by atoms with E-state index >= 15 is 0 Å². The molecular formula is C26H31N5OS. The molecule has 1 aliphatic heterocycles. The summed E-state index contributed by atoms with van der Waals surface area (Å²) >= 11 is 5.86. The molecule has 0 saturated carbocycles. The second-order valence-corrected chi connectivity index (χ2v) is 8.85. The van der Waals surface area contributed by atoms with Crippen LogP contribution in [0.5, 0.6) is 0 Å². The van der Waals surface area contributed by atoms with Crippen molar-refractivity contribution in [2.45, 2.75) is 59.7 Å². The van der Waals surface area contributed by atoms with Gasteiger partial charge < -0.3 is 20.1 Å². The third kappa shape index (κ3) is 4.25. The van der Waals surface area contributed by atoms with Crippen LogP contribution in [0.3, 0.4) is 0 Å². The monoisotopic (exact) mass is 461 g/mol. The lowest BCUT2D eigenvalue weighted by atomic mass is 9.96. The van der Waals surface area contributed by atoms with Crippen molar-refractivity contribution in [1.29, 1.82) is 0 Å². The molecule has 1 fully saturated rings. The number of hydrogen-bond acceptors (Lipinski definition) is 3. The van der Waals surface area contributed by atoms with Crippen molar-refractivity contribution >= 4 is 34.6 Å². The number of amides is 1. The second kappa shape index (κ2) is 9.35. The summed E-state index contributed by atoms with van der Waals surface area (Å²) < 4.78 is 2.33. The number of hydrogen-bond donors (Lipinski definition) is 2. The summed E-state index contributed by atoms with van der Waals surface area (Å²) in [4.78, 5) is 18.7. The molecule has 3 aromatic rings. The van der Waals surface area contributed by atoms with Crippen molar-refractivity contribution in [3.05, 3.63) is 76.9 Å². The third-order valence-electron chi connectivity index (χ3n) is 6.43. The highest BCUT2D eigenvalue weighted by Crippen LogP contribution is 2.43. The molecule has 6 nitrogen and oxygen atoms in total. The number of rotatable bonds is 6. The number of carbonyl (C=O) groups excluding carboxylic acids is 1. The van der Waals surface area contributed by atoms with E-state index in [2.05, 4.69) is 58.0 Å². The zero-order valence-electron chi connectivity index (χ0n) is 19.8. The summed E-state index contributed by atoms with van der Waals surface area (Å²) in [6, 6.07) is 14.2. The molecule has 0 bridgehead atoms. The SMILES string of the molecule is CCC(=O)Nc1ccc(N2C(=S)N[C@@H](c3ccccn3)[C@@H]2c2cc(C)n(CC)c2C)cc1C. The first-order valence-corrected chi connectivity index (χ1v) is 11.8. The van der Waals surface area contributed by atoms with Gasteiger partial charge in [-0.1, -0.05) is 13.0 Å². The Bertz CT molecular complexity index is 1190. The maximum Gasteiger partial charge on any atom is 0.224 e. The van der Waals surface area contributed by atoms with Crippen LogP contribution in [0.2, 0.25) is 0 Å². The Kier molecular flexibility index (Phi) is 6.51. The van der Waals surface area contributed by atoms with E-state index in [1.165, 1.54) is 17.0 Å². The fourth-order valence-electron chi connectivity index (χ4n) is 4.74. The molecule has 3 heterocycles. The predicted molar refractivity (Wildman–Crippen MR) is 138 cm³/mol. The zero-order chi connectivity index (χ0) is 23.7. The lowest BCUT2D eigenvalue weighted by Gasteiger charge is -2.29. The Labute approximate surface area is 201 Å². The molecule has 0 radical (unpaired) electrons. The fourth-order valence-corrected chi connectivity index (χ4v) is 5.09. The summed E-state index contributed by atoms with van der Waals surface area (Å²) in [5.74, 6) is 0.00399. The molecule has 0 unspecified atom stereocenters. The van der Waals surface area contributed by atoms with E-state index in [-0.39, 0.29) is 18.0 Å². The minimum Gasteiger partial charge on any atom is -0.351 e. The minimum atomic E-state index is -0.0794. The Morgan fingerprint density at radius 1 is 1.15 bits per heavy atom. The smallest absolute Gasteiger partial charge is 0.224 e. The van der Waals surface area contributed by atoms with Crippen molar-refractivity contribution < 1.29 is 4.79 Å². The van der Waals surface area contributed by atoms with Gasteiger partial charge in [-0.15, -0.1) is 0 Å². The largest absolute Gasteiger partial charge is 0.351 e. The Balaban J connectivity index is 1.82. The number of aromatic nitrogens is 2. The molecule has 1 saturated heterocycles. The number of benzene rings is 1. The van der Waals surface area contributed by atoms with Gasteiger partial charge in [-0.3, -0.25) is 9.78 Å². The van der Waals surface area contributed by atoms with Crippen LogP contribution in [0.15, 0.2) is 48.7 Å². The topological polar surface area (TPSA) is 62.2 Å². The van der Waals surface area contributed by atoms with Gasteiger partial charge in [0, 0.05) is 41.9 Å². The van der Waals surface area contributed by atoms with Crippen molar-refractivity contribution in [2.75, 3.05) is 10.2 Å². The van der Waals surface area contributed by atoms with E-state index < -0.39 is 0 Å². The van der Waals surface area contributed by atoms with Crippen LogP contribution >= 0.6 is 12.2 Å². The van der Waals surface area contributed by atoms with Gasteiger partial charge in [-0.2, -0.15) is 0 Å². The molecule has 0 spiro atoms. The molecule has 4 rings (SSSR count). The number of pyridine rings is 1. The summed E-state index contributed by atoms with van der Waals surface area (Å²) in [5.41, 5.74) is 7.47. The Morgan fingerprint density at radius 2 is 1.94 bits per heavy atom. The molecule has 0 aliphatic carbocycles. The standard InChI is InChI=1S/C26H31N5OS/c1-6-23(32)28-21-12-11-19(14-16(21)3)31-25(20-15-17(4)30(7-2)18(20)5)24(29-26(31)33)22-10-8-9-13-27-22/h8-15,24-25H,6-7H2,1-5H3,(H,28,32)(H,29,33)/t24-,25-/m0/s1. The van der Waals surface area contributed by atoms with Gasteiger partial charge in [0.05, 0.1) is 17.8 Å². The maximum absolute atomic E-state index is 11.9. The van der Waals surface area contributed by atoms with E-state index in [1.807, 2.05) is 50.4 Å². The van der Waals surface area contributed by atoms with Crippen LogP contribution in [0.25, 0.3) is 0 Å². The van der Waals surface area contributed by atoms with Gasteiger partial charge in [0.1, 0.15) is 0 Å². The number of nitrogens with one attached hydrogen (secondary N) is 2. The lowest BCUT2D eigenvalue weighted by Crippen LogP contribution is -2.29. The van der Waals surface area contributed by atoms with E-state index in [4.69, 9.17) is 12.2 Å². The summed E-state index contributed by atoms with van der Waals surface area (Å²) in [6.07, 6.45) is 2.27. The van der Waals surface area contributed by atoms with Crippen LogP contribution in [-0.4, -0.2) is 20.6 Å². The molecule has 2 aromatic heterocycles. The molecular weight excluding hydrogens is 430 g/mol. The minimum absolute atomic E-state index is 0.00399. The van der Waals surface area contributed by atoms with Gasteiger partial charge in [-0.05, 0) is 87.4 Å². The molecule has 2 atom stereocenters. The molecule has 1 aromatic carbocycles. The average molecular weight is 462 g/mol. The molecule has 2 N–H and O–H groups in total. The first-order valence-electron chi connectivity index (χ1n) is 11.4. The molecule has 7 heteroatoms. The number of aryl methyl sites for hydroxylation is 2. The van der Waals surface area contributed by atoms with Crippen LogP contribution in [0.4, 0.5) is 11.4 Å². The molecule has 1 amide bonds. The van der Waals surface area contributed by atoms with Gasteiger partial charge in [0.25, 0.3) is 0 Å². The third-order valence-corrected chi connectivity index (χ3v) is 6.74. The first-order chi connectivity index (χ1) is 15.8. The van der Waals surface area contributed by atoms with Gasteiger partial charge in [0.15, 0.2) is 5.11 Å². The summed E-state index contributed by atoms with van der Waals surface area (Å²) in [5, 5.41) is 7.18. The van der Waals surface area contributed by atoms with Gasteiger partial charge in [0.2, 0.25) is 5.91 Å². The second-order valence-electron chi connectivity index (χ2n) is 8.47. The normalized spacial score (nSPS) is 17.8. The van der Waals surface area contributed by atoms with Crippen LogP contribution in [0, 0.1) is 20.8 Å². The first kappa shape index (κ1) is 23.0. The lowest BCUT2D eigenvalue weighted by molar-refractivity contribution is -0.115. The number of anilines is 2. The van der Waals surface area contributed by atoms with Crippen LogP contribution in [-0.2, 0) is 11.3 Å². The summed E-state index contributed by atoms with van der Waals surface area (Å²) in [7, 11) is 0. The zero-order valence-corrected chi connectivity index (χ0v) is 20.7. The maximum atomic E-state index is 11.9. The van der Waals surface area contributed by atoms with Crippen molar-refractivity contribution in [3.63, 3.8) is 0 Å². The fraction of sp³-hybridized carbons (Fsp3) is 0.346. The highest BCUT2D eigenvalue weighted by Gasteiger charge is 2.42. The highest BCUT2D eigenvalue weighted by molar-refractivity contribution is 7.80. The van der Waals surface area contributed by atoms with Crippen molar-refractivity contribution in [1.82, 2.24) is 14.9 Å². The van der Waals surface area contributed by atoms with E-state index in [0.717, 1.165) is 29.2 Å². The Morgan fingerprint density at radius 3 is 2.55 bits per heavy atom. The average Bonchev–Trinajstić information content (AvgIpc) is 3.30. The van der Waals surface area contributed by atoms with E-state index in [0.29, 0.717) is 11.5 Å². The Hall–Kier alpha value is -3.19. The van der Waals surface area contributed by atoms with Crippen molar-refractivity contribution in [2.24, 2.45) is 0 Å². The van der Waals surface area contributed by atoms with Crippen LogP contribution < -0.4 is 15.5 Å². The molecule has 172 valence electrons. The highest BCUT2D eigenvalue weighted by atomic mass is 32.1. The number of thiocarbonyl (C=S) groups is 1. The van der Waals surface area contributed by atoms with Crippen LogP contribution in [0.1, 0.15) is 60.6 Å². The summed E-state index contributed by atoms with van der Waals surface area (Å²) in [6.45, 7) is 11.3. The molecule has 1 aliphatic rings. The predicted octanol–water partition coefficient (Wildman–Crippen LogP) is 5.35. The van der Waals surface area contributed by atoms with Crippen molar-refractivity contribution in [3.8, 4) is 0 Å². The van der Waals surface area contributed by atoms with Gasteiger partial charge >= 0.3 is 0 Å². The quantitative estimate of drug-likeness (QED) is 0.484.